The minimum Gasteiger partial charge on any atom is -0.392 e. The van der Waals surface area contributed by atoms with Crippen molar-refractivity contribution in [3.8, 4) is 0 Å². The van der Waals surface area contributed by atoms with Crippen LogP contribution >= 0.6 is 0 Å². The van der Waals surface area contributed by atoms with Crippen LogP contribution in [0.2, 0.25) is 0 Å². The molecule has 1 aromatic rings. The Morgan fingerprint density at radius 3 is 2.67 bits per heavy atom. The van der Waals surface area contributed by atoms with Crippen LogP contribution in [0.3, 0.4) is 0 Å². The molecule has 0 radical (unpaired) electrons. The highest BCUT2D eigenvalue weighted by Gasteiger charge is 2.16. The van der Waals surface area contributed by atoms with Crippen LogP contribution in [0, 0.1) is 0 Å². The van der Waals surface area contributed by atoms with Crippen molar-refractivity contribution in [2.45, 2.75) is 19.4 Å². The zero-order valence-corrected chi connectivity index (χ0v) is 7.03. The average molecular weight is 161 g/mol. The molecule has 1 aromatic carbocycles. The smallest absolute Gasteiger partial charge is 0.130 e. The van der Waals surface area contributed by atoms with Gasteiger partial charge in [-0.25, -0.2) is 0 Å². The summed E-state index contributed by atoms with van der Waals surface area (Å²) in [6.45, 7) is 2.03. The lowest BCUT2D eigenvalue weighted by Crippen LogP contribution is -2.02. The van der Waals surface area contributed by atoms with Crippen LogP contribution in [-0.4, -0.2) is 11.8 Å². The van der Waals surface area contributed by atoms with Gasteiger partial charge < -0.3 is 4.84 Å². The Labute approximate surface area is 71.8 Å². The highest BCUT2D eigenvalue weighted by molar-refractivity contribution is 6.01. The standard InChI is InChI=1S/C10H11NO/c1-8-7-10(11-12-8)9-5-3-2-4-6-9/h2-6,8H,7H2,1H3/t8-/m0/s1. The summed E-state index contributed by atoms with van der Waals surface area (Å²) in [6.07, 6.45) is 1.16. The van der Waals surface area contributed by atoms with Crippen molar-refractivity contribution in [2.24, 2.45) is 5.16 Å². The second-order valence-electron chi connectivity index (χ2n) is 3.02. The van der Waals surface area contributed by atoms with Gasteiger partial charge in [-0.15, -0.1) is 0 Å². The molecule has 0 amide bonds. The Morgan fingerprint density at radius 2 is 2.08 bits per heavy atom. The van der Waals surface area contributed by atoms with Gasteiger partial charge in [-0.2, -0.15) is 0 Å². The van der Waals surface area contributed by atoms with Crippen LogP contribution in [0.5, 0.6) is 0 Å². The number of hydrogen-bond donors (Lipinski definition) is 0. The summed E-state index contributed by atoms with van der Waals surface area (Å²) >= 11 is 0. The Hall–Kier alpha value is -1.31. The fourth-order valence-electron chi connectivity index (χ4n) is 1.30. The van der Waals surface area contributed by atoms with E-state index >= 15 is 0 Å². The molecule has 0 unspecified atom stereocenters. The van der Waals surface area contributed by atoms with Gasteiger partial charge in [0.05, 0.1) is 5.71 Å². The lowest BCUT2D eigenvalue weighted by Gasteiger charge is -1.97. The van der Waals surface area contributed by atoms with E-state index in [2.05, 4.69) is 17.3 Å². The molecule has 0 N–H and O–H groups in total. The van der Waals surface area contributed by atoms with Gasteiger partial charge in [-0.1, -0.05) is 35.5 Å². The molecule has 62 valence electrons. The molecule has 0 aliphatic carbocycles. The van der Waals surface area contributed by atoms with Crippen molar-refractivity contribution in [1.82, 2.24) is 0 Å². The van der Waals surface area contributed by atoms with Gasteiger partial charge in [0.2, 0.25) is 0 Å². The molecule has 0 aromatic heterocycles. The molecule has 1 atom stereocenters. The van der Waals surface area contributed by atoms with E-state index in [1.807, 2.05) is 25.1 Å². The Bertz CT molecular complexity index is 292. The van der Waals surface area contributed by atoms with E-state index in [0.717, 1.165) is 12.1 Å². The highest BCUT2D eigenvalue weighted by Crippen LogP contribution is 2.15. The lowest BCUT2D eigenvalue weighted by atomic mass is 10.1. The molecule has 2 nitrogen and oxygen atoms in total. The third-order valence-corrected chi connectivity index (χ3v) is 1.93. The minimum absolute atomic E-state index is 0.236. The maximum absolute atomic E-state index is 5.11. The molecule has 1 aliphatic heterocycles. The highest BCUT2D eigenvalue weighted by atomic mass is 16.6. The normalized spacial score (nSPS) is 21.8. The third kappa shape index (κ3) is 1.33. The molecule has 0 bridgehead atoms. The molecule has 0 saturated carbocycles. The monoisotopic (exact) mass is 161 g/mol. The van der Waals surface area contributed by atoms with Crippen LogP contribution in [0.25, 0.3) is 0 Å². The molecule has 1 aliphatic rings. The summed E-state index contributed by atoms with van der Waals surface area (Å²) in [6, 6.07) is 10.1. The Morgan fingerprint density at radius 1 is 1.33 bits per heavy atom. The minimum atomic E-state index is 0.236. The molecule has 2 heteroatoms. The first-order valence-corrected chi connectivity index (χ1v) is 4.14. The first-order valence-electron chi connectivity index (χ1n) is 4.14. The lowest BCUT2D eigenvalue weighted by molar-refractivity contribution is 0.0995. The first kappa shape index (κ1) is 7.35. The number of oxime groups is 1. The van der Waals surface area contributed by atoms with Gasteiger partial charge in [-0.3, -0.25) is 0 Å². The SMILES string of the molecule is C[C@H]1CC(c2ccccc2)=NO1. The van der Waals surface area contributed by atoms with E-state index in [1.165, 1.54) is 5.56 Å². The zero-order chi connectivity index (χ0) is 8.39. The average Bonchev–Trinajstić information content (AvgIpc) is 2.54. The van der Waals surface area contributed by atoms with Gasteiger partial charge in [0.1, 0.15) is 6.10 Å². The number of hydrogen-bond acceptors (Lipinski definition) is 2. The van der Waals surface area contributed by atoms with E-state index in [1.54, 1.807) is 0 Å². The number of rotatable bonds is 1. The van der Waals surface area contributed by atoms with E-state index in [4.69, 9.17) is 4.84 Å². The summed E-state index contributed by atoms with van der Waals surface area (Å²) in [5.74, 6) is 0. The van der Waals surface area contributed by atoms with E-state index in [0.29, 0.717) is 0 Å². The molecule has 1 heterocycles. The quantitative estimate of drug-likeness (QED) is 0.618. The number of benzene rings is 1. The summed E-state index contributed by atoms with van der Waals surface area (Å²) < 4.78 is 0. The maximum atomic E-state index is 5.11. The topological polar surface area (TPSA) is 21.6 Å². The van der Waals surface area contributed by atoms with E-state index in [9.17, 15) is 0 Å². The molecule has 0 spiro atoms. The van der Waals surface area contributed by atoms with Gasteiger partial charge in [0.15, 0.2) is 0 Å². The van der Waals surface area contributed by atoms with Gasteiger partial charge >= 0.3 is 0 Å². The van der Waals surface area contributed by atoms with E-state index in [-0.39, 0.29) is 6.10 Å². The number of nitrogens with zero attached hydrogens (tertiary/aromatic N) is 1. The van der Waals surface area contributed by atoms with Gasteiger partial charge in [0.25, 0.3) is 0 Å². The summed E-state index contributed by atoms with van der Waals surface area (Å²) in [5, 5.41) is 4.00. The molecular formula is C10H11NO. The van der Waals surface area contributed by atoms with Crippen LogP contribution in [0.4, 0.5) is 0 Å². The van der Waals surface area contributed by atoms with Gasteiger partial charge in [-0.05, 0) is 12.5 Å². The third-order valence-electron chi connectivity index (χ3n) is 1.93. The van der Waals surface area contributed by atoms with E-state index < -0.39 is 0 Å². The van der Waals surface area contributed by atoms with Crippen LogP contribution in [-0.2, 0) is 4.84 Å². The Balaban J connectivity index is 2.22. The predicted octanol–water partition coefficient (Wildman–Crippen LogP) is 2.20. The van der Waals surface area contributed by atoms with Crippen molar-refractivity contribution < 1.29 is 4.84 Å². The first-order chi connectivity index (χ1) is 5.86. The fourth-order valence-corrected chi connectivity index (χ4v) is 1.30. The fraction of sp³-hybridized carbons (Fsp3) is 0.300. The Kier molecular flexibility index (Phi) is 1.82. The molecule has 2 rings (SSSR count). The largest absolute Gasteiger partial charge is 0.392 e. The van der Waals surface area contributed by atoms with Crippen molar-refractivity contribution in [1.29, 1.82) is 0 Å². The van der Waals surface area contributed by atoms with Crippen molar-refractivity contribution in [3.05, 3.63) is 35.9 Å². The zero-order valence-electron chi connectivity index (χ0n) is 7.03. The van der Waals surface area contributed by atoms with Crippen LogP contribution < -0.4 is 0 Å². The van der Waals surface area contributed by atoms with Crippen LogP contribution in [0.15, 0.2) is 35.5 Å². The molecular weight excluding hydrogens is 150 g/mol. The molecule has 0 saturated heterocycles. The summed E-state index contributed by atoms with van der Waals surface area (Å²) in [4.78, 5) is 5.11. The van der Waals surface area contributed by atoms with Crippen molar-refractivity contribution in [2.75, 3.05) is 0 Å². The maximum Gasteiger partial charge on any atom is 0.130 e. The van der Waals surface area contributed by atoms with Crippen molar-refractivity contribution >= 4 is 5.71 Å². The molecule has 12 heavy (non-hydrogen) atoms. The van der Waals surface area contributed by atoms with Crippen LogP contribution in [0.1, 0.15) is 18.9 Å². The van der Waals surface area contributed by atoms with Gasteiger partial charge in [0, 0.05) is 6.42 Å². The summed E-state index contributed by atoms with van der Waals surface area (Å²) in [5.41, 5.74) is 2.23. The van der Waals surface area contributed by atoms with Crippen molar-refractivity contribution in [3.63, 3.8) is 0 Å². The summed E-state index contributed by atoms with van der Waals surface area (Å²) in [7, 11) is 0. The second-order valence-corrected chi connectivity index (χ2v) is 3.02. The molecule has 0 fully saturated rings. The predicted molar refractivity (Wildman–Crippen MR) is 48.1 cm³/mol. The second kappa shape index (κ2) is 2.97.